The molecule has 0 saturated carbocycles. The molecule has 0 aliphatic carbocycles. The van der Waals surface area contributed by atoms with Gasteiger partial charge in [-0.15, -0.1) is 0 Å². The van der Waals surface area contributed by atoms with Gasteiger partial charge in [-0.05, 0) is 42.0 Å². The van der Waals surface area contributed by atoms with Crippen molar-refractivity contribution in [1.29, 1.82) is 5.26 Å². The standard InChI is InChI=1S/C24H20N2O7/c1-30-10-9-26-22(27)20-12-16-5-8-19(13-21(16)33-24(20)29)32-23(28)17(14-25)11-15-3-6-18(31-2)7-4-15/h3-8,11-13H,9-10H2,1-2H3,(H,26,27)/b17-11+. The lowest BCUT2D eigenvalue weighted by atomic mass is 10.1. The number of rotatable bonds is 8. The average Bonchev–Trinajstić information content (AvgIpc) is 2.82. The molecule has 3 aromatic rings. The Kier molecular flexibility index (Phi) is 7.57. The zero-order chi connectivity index (χ0) is 23.8. The second-order valence-electron chi connectivity index (χ2n) is 6.73. The molecule has 168 valence electrons. The summed E-state index contributed by atoms with van der Waals surface area (Å²) in [4.78, 5) is 36.8. The molecule has 0 unspecified atom stereocenters. The predicted octanol–water partition coefficient (Wildman–Crippen LogP) is 2.69. The Morgan fingerprint density at radius 1 is 1.09 bits per heavy atom. The Balaban J connectivity index is 1.79. The Bertz CT molecular complexity index is 1300. The van der Waals surface area contributed by atoms with Gasteiger partial charge in [-0.25, -0.2) is 9.59 Å². The monoisotopic (exact) mass is 448 g/mol. The van der Waals surface area contributed by atoms with Crippen molar-refractivity contribution in [2.45, 2.75) is 0 Å². The summed E-state index contributed by atoms with van der Waals surface area (Å²) in [7, 11) is 3.03. The minimum Gasteiger partial charge on any atom is -0.497 e. The molecule has 0 saturated heterocycles. The molecule has 0 atom stereocenters. The highest BCUT2D eigenvalue weighted by Gasteiger charge is 2.16. The van der Waals surface area contributed by atoms with Gasteiger partial charge in [0.2, 0.25) is 0 Å². The van der Waals surface area contributed by atoms with Crippen molar-refractivity contribution in [2.24, 2.45) is 0 Å². The highest BCUT2D eigenvalue weighted by atomic mass is 16.5. The summed E-state index contributed by atoms with van der Waals surface area (Å²) in [5, 5.41) is 12.4. The summed E-state index contributed by atoms with van der Waals surface area (Å²) < 4.78 is 20.4. The molecule has 9 heteroatoms. The van der Waals surface area contributed by atoms with Crippen LogP contribution in [0, 0.1) is 11.3 Å². The van der Waals surface area contributed by atoms with E-state index >= 15 is 0 Å². The fraction of sp³-hybridized carbons (Fsp3) is 0.167. The fourth-order valence-corrected chi connectivity index (χ4v) is 2.84. The lowest BCUT2D eigenvalue weighted by molar-refractivity contribution is -0.129. The number of fused-ring (bicyclic) bond motifs is 1. The maximum atomic E-state index is 12.4. The van der Waals surface area contributed by atoms with Crippen LogP contribution < -0.4 is 20.4 Å². The van der Waals surface area contributed by atoms with Crippen LogP contribution in [0.4, 0.5) is 0 Å². The molecule has 0 bridgehead atoms. The van der Waals surface area contributed by atoms with Crippen molar-refractivity contribution >= 4 is 28.9 Å². The zero-order valence-corrected chi connectivity index (χ0v) is 17.9. The number of hydrogen-bond acceptors (Lipinski definition) is 8. The molecule has 0 spiro atoms. The third-order valence-corrected chi connectivity index (χ3v) is 4.52. The SMILES string of the molecule is COCCNC(=O)c1cc2ccc(OC(=O)/C(C#N)=C/c3ccc(OC)cc3)cc2oc1=O. The largest absolute Gasteiger partial charge is 0.497 e. The van der Waals surface area contributed by atoms with Crippen molar-refractivity contribution < 1.29 is 28.2 Å². The number of nitrogens with one attached hydrogen (secondary N) is 1. The number of carbonyl (C=O) groups is 2. The number of methoxy groups -OCH3 is 2. The number of esters is 1. The van der Waals surface area contributed by atoms with Crippen LogP contribution in [0.2, 0.25) is 0 Å². The highest BCUT2D eigenvalue weighted by molar-refractivity contribution is 5.99. The maximum absolute atomic E-state index is 12.4. The third-order valence-electron chi connectivity index (χ3n) is 4.52. The Morgan fingerprint density at radius 3 is 2.48 bits per heavy atom. The van der Waals surface area contributed by atoms with E-state index in [0.717, 1.165) is 0 Å². The smallest absolute Gasteiger partial charge is 0.354 e. The predicted molar refractivity (Wildman–Crippen MR) is 119 cm³/mol. The normalized spacial score (nSPS) is 11.0. The van der Waals surface area contributed by atoms with Crippen molar-refractivity contribution in [3.05, 3.63) is 75.7 Å². The first kappa shape index (κ1) is 23.2. The Labute approximate surface area is 188 Å². The molecule has 0 radical (unpaired) electrons. The molecule has 1 heterocycles. The van der Waals surface area contributed by atoms with Gasteiger partial charge in [0, 0.05) is 25.1 Å². The van der Waals surface area contributed by atoms with Gasteiger partial charge in [-0.1, -0.05) is 12.1 Å². The van der Waals surface area contributed by atoms with Crippen LogP contribution in [0.15, 0.2) is 63.3 Å². The first-order valence-corrected chi connectivity index (χ1v) is 9.78. The molecular formula is C24H20N2O7. The highest BCUT2D eigenvalue weighted by Crippen LogP contribution is 2.22. The molecule has 0 aliphatic heterocycles. The van der Waals surface area contributed by atoms with E-state index in [-0.39, 0.29) is 29.0 Å². The lowest BCUT2D eigenvalue weighted by Gasteiger charge is -2.07. The minimum absolute atomic E-state index is 0.0730. The number of amides is 1. The number of carbonyl (C=O) groups excluding carboxylic acids is 2. The van der Waals surface area contributed by atoms with E-state index in [0.29, 0.717) is 23.3 Å². The van der Waals surface area contributed by atoms with Gasteiger partial charge < -0.3 is 23.9 Å². The zero-order valence-electron chi connectivity index (χ0n) is 17.9. The van der Waals surface area contributed by atoms with Crippen LogP contribution in [-0.4, -0.2) is 39.2 Å². The molecule has 1 aromatic heterocycles. The molecule has 0 aliphatic rings. The van der Waals surface area contributed by atoms with E-state index in [1.54, 1.807) is 24.3 Å². The van der Waals surface area contributed by atoms with E-state index < -0.39 is 17.5 Å². The Morgan fingerprint density at radius 2 is 1.82 bits per heavy atom. The molecule has 9 nitrogen and oxygen atoms in total. The van der Waals surface area contributed by atoms with E-state index in [4.69, 9.17) is 18.6 Å². The summed E-state index contributed by atoms with van der Waals surface area (Å²) in [6.45, 7) is 0.546. The number of ether oxygens (including phenoxy) is 3. The first-order valence-electron chi connectivity index (χ1n) is 9.78. The summed E-state index contributed by atoms with van der Waals surface area (Å²) in [6, 6.07) is 14.3. The molecule has 0 fully saturated rings. The number of benzene rings is 2. The molecule has 1 amide bonds. The van der Waals surface area contributed by atoms with E-state index in [9.17, 15) is 19.6 Å². The van der Waals surface area contributed by atoms with Crippen molar-refractivity contribution in [3.8, 4) is 17.6 Å². The Hall–Kier alpha value is -4.42. The second kappa shape index (κ2) is 10.7. The van der Waals surface area contributed by atoms with E-state index in [1.807, 2.05) is 6.07 Å². The second-order valence-corrected chi connectivity index (χ2v) is 6.73. The molecule has 2 aromatic carbocycles. The molecule has 1 N–H and O–H groups in total. The molecule has 3 rings (SSSR count). The number of nitrogens with zero attached hydrogens (tertiary/aromatic N) is 1. The summed E-state index contributed by atoms with van der Waals surface area (Å²) in [5.41, 5.74) is -0.471. The fourth-order valence-electron chi connectivity index (χ4n) is 2.84. The summed E-state index contributed by atoms with van der Waals surface area (Å²) in [5.74, 6) is -0.741. The third kappa shape index (κ3) is 5.84. The van der Waals surface area contributed by atoms with Crippen molar-refractivity contribution in [1.82, 2.24) is 5.32 Å². The number of nitriles is 1. The van der Waals surface area contributed by atoms with Gasteiger partial charge in [-0.2, -0.15) is 5.26 Å². The maximum Gasteiger partial charge on any atom is 0.354 e. The minimum atomic E-state index is -0.871. The van der Waals surface area contributed by atoms with Crippen LogP contribution in [0.5, 0.6) is 11.5 Å². The van der Waals surface area contributed by atoms with Crippen LogP contribution in [0.1, 0.15) is 15.9 Å². The topological polar surface area (TPSA) is 128 Å². The van der Waals surface area contributed by atoms with Crippen LogP contribution >= 0.6 is 0 Å². The lowest BCUT2D eigenvalue weighted by Crippen LogP contribution is -2.30. The van der Waals surface area contributed by atoms with Gasteiger partial charge in [0.1, 0.15) is 34.3 Å². The molecule has 33 heavy (non-hydrogen) atoms. The van der Waals surface area contributed by atoms with Gasteiger partial charge in [0.05, 0.1) is 13.7 Å². The van der Waals surface area contributed by atoms with Crippen molar-refractivity contribution in [2.75, 3.05) is 27.4 Å². The van der Waals surface area contributed by atoms with E-state index in [2.05, 4.69) is 5.32 Å². The average molecular weight is 448 g/mol. The summed E-state index contributed by atoms with van der Waals surface area (Å²) in [6.07, 6.45) is 1.39. The van der Waals surface area contributed by atoms with Gasteiger partial charge in [0.15, 0.2) is 0 Å². The molecular weight excluding hydrogens is 428 g/mol. The number of hydrogen-bond donors (Lipinski definition) is 1. The summed E-state index contributed by atoms with van der Waals surface area (Å²) >= 11 is 0. The van der Waals surface area contributed by atoms with Crippen LogP contribution in [-0.2, 0) is 9.53 Å². The van der Waals surface area contributed by atoms with Crippen LogP contribution in [0.25, 0.3) is 17.0 Å². The van der Waals surface area contributed by atoms with E-state index in [1.165, 1.54) is 44.6 Å². The van der Waals surface area contributed by atoms with Gasteiger partial charge in [-0.3, -0.25) is 4.79 Å². The quantitative estimate of drug-likeness (QED) is 0.139. The van der Waals surface area contributed by atoms with Gasteiger partial charge >= 0.3 is 11.6 Å². The van der Waals surface area contributed by atoms with Gasteiger partial charge in [0.25, 0.3) is 5.91 Å². The van der Waals surface area contributed by atoms with Crippen LogP contribution in [0.3, 0.4) is 0 Å². The van der Waals surface area contributed by atoms with Crippen molar-refractivity contribution in [3.63, 3.8) is 0 Å². The first-order chi connectivity index (χ1) is 15.9.